The van der Waals surface area contributed by atoms with Crippen LogP contribution in [0.4, 0.5) is 0 Å². The second-order valence-electron chi connectivity index (χ2n) is 4.52. The summed E-state index contributed by atoms with van der Waals surface area (Å²) in [5, 5.41) is 0. The van der Waals surface area contributed by atoms with Crippen molar-refractivity contribution in [3.8, 4) is 11.5 Å². The van der Waals surface area contributed by atoms with E-state index in [0.29, 0.717) is 29.4 Å². The average Bonchev–Trinajstić information content (AvgIpc) is 2.61. The number of hydrogen-bond acceptors (Lipinski definition) is 4. The highest BCUT2D eigenvalue weighted by atomic mass is 79.9. The molecule has 0 heterocycles. The SMILES string of the molecule is O=C(C=CC(=O)Oc1ccc(Br)c(Br)c1Br)Oc1ccc(Br)c(Br)c1Br. The second kappa shape index (κ2) is 9.97. The summed E-state index contributed by atoms with van der Waals surface area (Å²) in [6, 6.07) is 6.66. The van der Waals surface area contributed by atoms with Crippen LogP contribution in [0.5, 0.6) is 11.5 Å². The number of benzene rings is 2. The maximum atomic E-state index is 11.9. The Labute approximate surface area is 199 Å². The van der Waals surface area contributed by atoms with Gasteiger partial charge >= 0.3 is 11.9 Å². The normalized spacial score (nSPS) is 10.8. The Kier molecular flexibility index (Phi) is 8.55. The molecule has 4 nitrogen and oxygen atoms in total. The van der Waals surface area contributed by atoms with Gasteiger partial charge in [-0.1, -0.05) is 0 Å². The van der Waals surface area contributed by atoms with Gasteiger partial charge in [0.25, 0.3) is 0 Å². The Balaban J connectivity index is 2.03. The van der Waals surface area contributed by atoms with Crippen LogP contribution in [0.25, 0.3) is 0 Å². The van der Waals surface area contributed by atoms with Gasteiger partial charge in [0.2, 0.25) is 0 Å². The van der Waals surface area contributed by atoms with Gasteiger partial charge in [-0.15, -0.1) is 0 Å². The smallest absolute Gasteiger partial charge is 0.336 e. The largest absolute Gasteiger partial charge is 0.422 e. The van der Waals surface area contributed by atoms with Crippen molar-refractivity contribution in [2.45, 2.75) is 0 Å². The van der Waals surface area contributed by atoms with Crippen LogP contribution in [-0.4, -0.2) is 11.9 Å². The van der Waals surface area contributed by atoms with Gasteiger partial charge in [-0.2, -0.15) is 0 Å². The highest BCUT2D eigenvalue weighted by molar-refractivity contribution is 9.15. The molecule has 0 fully saturated rings. The fraction of sp³-hybridized carbons (Fsp3) is 0. The molecule has 0 saturated carbocycles. The first kappa shape index (κ1) is 22.3. The van der Waals surface area contributed by atoms with Crippen LogP contribution in [0.1, 0.15) is 0 Å². The van der Waals surface area contributed by atoms with Crippen LogP contribution < -0.4 is 9.47 Å². The van der Waals surface area contributed by atoms with Crippen molar-refractivity contribution in [1.29, 1.82) is 0 Å². The predicted octanol–water partition coefficient (Wildman–Crippen LogP) is 7.33. The van der Waals surface area contributed by atoms with E-state index in [0.717, 1.165) is 21.1 Å². The summed E-state index contributed by atoms with van der Waals surface area (Å²) in [6.07, 6.45) is 1.99. The van der Waals surface area contributed by atoms with Crippen LogP contribution >= 0.6 is 95.6 Å². The summed E-state index contributed by atoms with van der Waals surface area (Å²) in [7, 11) is 0. The first-order valence-electron chi connectivity index (χ1n) is 6.59. The minimum absolute atomic E-state index is 0.308. The molecule has 0 aliphatic carbocycles. The maximum Gasteiger partial charge on any atom is 0.336 e. The molecule has 136 valence electrons. The molecule has 2 aromatic carbocycles. The highest BCUT2D eigenvalue weighted by Crippen LogP contribution is 2.38. The second-order valence-corrected chi connectivity index (χ2v) is 9.40. The Morgan fingerprint density at radius 3 is 1.31 bits per heavy atom. The van der Waals surface area contributed by atoms with Gasteiger partial charge < -0.3 is 9.47 Å². The van der Waals surface area contributed by atoms with Crippen molar-refractivity contribution in [3.05, 3.63) is 63.3 Å². The van der Waals surface area contributed by atoms with Gasteiger partial charge in [0.1, 0.15) is 11.5 Å². The van der Waals surface area contributed by atoms with Crippen LogP contribution in [0.2, 0.25) is 0 Å². The Morgan fingerprint density at radius 2 is 0.962 bits per heavy atom. The summed E-state index contributed by atoms with van der Waals surface area (Å²) >= 11 is 20.0. The molecular weight excluding hydrogens is 736 g/mol. The van der Waals surface area contributed by atoms with E-state index in [4.69, 9.17) is 9.47 Å². The van der Waals surface area contributed by atoms with Crippen molar-refractivity contribution in [2.75, 3.05) is 0 Å². The molecule has 0 saturated heterocycles. The molecule has 0 aliphatic heterocycles. The number of carbonyl (C=O) groups is 2. The third-order valence-corrected chi connectivity index (χ3v) is 9.45. The lowest BCUT2D eigenvalue weighted by molar-refractivity contribution is -0.131. The summed E-state index contributed by atoms with van der Waals surface area (Å²) in [5.74, 6) is -0.814. The van der Waals surface area contributed by atoms with Crippen LogP contribution in [0.3, 0.4) is 0 Å². The zero-order valence-electron chi connectivity index (χ0n) is 12.4. The monoisotopic (exact) mass is 736 g/mol. The van der Waals surface area contributed by atoms with Gasteiger partial charge in [-0.25, -0.2) is 9.59 Å². The molecule has 10 heteroatoms. The van der Waals surface area contributed by atoms with E-state index < -0.39 is 11.9 Å². The fourth-order valence-corrected chi connectivity index (χ4v) is 4.30. The van der Waals surface area contributed by atoms with Crippen LogP contribution in [0.15, 0.2) is 63.3 Å². The van der Waals surface area contributed by atoms with Crippen molar-refractivity contribution in [2.24, 2.45) is 0 Å². The summed E-state index contributed by atoms with van der Waals surface area (Å²) in [6.45, 7) is 0. The number of carbonyl (C=O) groups excluding carboxylic acids is 2. The maximum absolute atomic E-state index is 11.9. The van der Waals surface area contributed by atoms with E-state index in [1.807, 2.05) is 0 Å². The number of esters is 2. The van der Waals surface area contributed by atoms with Crippen molar-refractivity contribution < 1.29 is 19.1 Å². The Bertz CT molecular complexity index is 837. The van der Waals surface area contributed by atoms with E-state index in [2.05, 4.69) is 95.6 Å². The highest BCUT2D eigenvalue weighted by Gasteiger charge is 2.13. The standard InChI is InChI=1S/C16H6Br6O4/c17-7-1-3-9(15(21)13(7)19)25-11(23)5-6-12(24)26-10-4-2-8(18)14(20)16(10)22/h1-6H. The number of rotatable bonds is 4. The number of hydrogen-bond donors (Lipinski definition) is 0. The van der Waals surface area contributed by atoms with Crippen molar-refractivity contribution in [3.63, 3.8) is 0 Å². The fourth-order valence-electron chi connectivity index (χ4n) is 1.59. The van der Waals surface area contributed by atoms with Gasteiger partial charge in [-0.05, 0) is 120 Å². The van der Waals surface area contributed by atoms with E-state index in [1.54, 1.807) is 24.3 Å². The lowest BCUT2D eigenvalue weighted by Gasteiger charge is -2.08. The average molecular weight is 742 g/mol. The molecule has 26 heavy (non-hydrogen) atoms. The zero-order chi connectivity index (χ0) is 19.4. The molecule has 2 aromatic rings. The van der Waals surface area contributed by atoms with Gasteiger partial charge in [0, 0.05) is 30.0 Å². The summed E-state index contributed by atoms with van der Waals surface area (Å²) in [5.41, 5.74) is 0. The molecule has 0 aromatic heterocycles. The van der Waals surface area contributed by atoms with Crippen molar-refractivity contribution in [1.82, 2.24) is 0 Å². The molecule has 0 spiro atoms. The number of ether oxygens (including phenoxy) is 2. The molecule has 0 atom stereocenters. The van der Waals surface area contributed by atoms with E-state index in [-0.39, 0.29) is 0 Å². The van der Waals surface area contributed by atoms with Gasteiger partial charge in [-0.3, -0.25) is 0 Å². The lowest BCUT2D eigenvalue weighted by Crippen LogP contribution is -2.09. The third kappa shape index (κ3) is 5.75. The minimum Gasteiger partial charge on any atom is -0.422 e. The van der Waals surface area contributed by atoms with Gasteiger partial charge in [0.15, 0.2) is 0 Å². The minimum atomic E-state index is -0.715. The molecule has 0 N–H and O–H groups in total. The van der Waals surface area contributed by atoms with Crippen LogP contribution in [0, 0.1) is 0 Å². The molecule has 2 rings (SSSR count). The first-order valence-corrected chi connectivity index (χ1v) is 11.3. The molecule has 0 radical (unpaired) electrons. The molecule has 0 unspecified atom stereocenters. The van der Waals surface area contributed by atoms with Gasteiger partial charge in [0.05, 0.1) is 8.95 Å². The van der Waals surface area contributed by atoms with E-state index >= 15 is 0 Å². The van der Waals surface area contributed by atoms with E-state index in [1.165, 1.54) is 0 Å². The van der Waals surface area contributed by atoms with Crippen LogP contribution in [-0.2, 0) is 9.59 Å². The predicted molar refractivity (Wildman–Crippen MR) is 119 cm³/mol. The zero-order valence-corrected chi connectivity index (χ0v) is 21.9. The molecule has 0 bridgehead atoms. The third-order valence-electron chi connectivity index (χ3n) is 2.78. The number of halogens is 6. The quantitative estimate of drug-likeness (QED) is 0.143. The lowest BCUT2D eigenvalue weighted by atomic mass is 10.3. The summed E-state index contributed by atoms with van der Waals surface area (Å²) < 4.78 is 14.5. The molecular formula is C16H6Br6O4. The van der Waals surface area contributed by atoms with Crippen molar-refractivity contribution >= 4 is 108 Å². The summed E-state index contributed by atoms with van der Waals surface area (Å²) in [4.78, 5) is 23.8. The van der Waals surface area contributed by atoms with E-state index in [9.17, 15) is 9.59 Å². The topological polar surface area (TPSA) is 52.6 Å². The Morgan fingerprint density at radius 1 is 0.615 bits per heavy atom. The molecule has 0 amide bonds. The molecule has 0 aliphatic rings. The first-order chi connectivity index (χ1) is 12.2. The Hall–Kier alpha value is 0.000000000000000222.